The smallest absolute Gasteiger partial charge is 0.310 e. The summed E-state index contributed by atoms with van der Waals surface area (Å²) in [5.41, 5.74) is 0.397. The number of carbonyl (C=O) groups is 1. The molecule has 0 atom stereocenters. The van der Waals surface area contributed by atoms with Crippen molar-refractivity contribution >= 4 is 17.3 Å². The second kappa shape index (κ2) is 5.17. The molecule has 1 aromatic heterocycles. The maximum atomic E-state index is 11.6. The van der Waals surface area contributed by atoms with E-state index in [1.54, 1.807) is 11.3 Å². The largest absolute Gasteiger partial charge is 0.481 e. The molecule has 0 radical (unpaired) electrons. The van der Waals surface area contributed by atoms with Gasteiger partial charge in [-0.15, -0.1) is 11.3 Å². The Morgan fingerprint density at radius 3 is 2.53 bits per heavy atom. The molecule has 0 aliphatic heterocycles. The van der Waals surface area contributed by atoms with Gasteiger partial charge in [0.2, 0.25) is 0 Å². The third-order valence-corrected chi connectivity index (χ3v) is 4.52. The van der Waals surface area contributed by atoms with E-state index in [4.69, 9.17) is 0 Å². The molecule has 1 aliphatic carbocycles. The van der Waals surface area contributed by atoms with Crippen molar-refractivity contribution in [3.8, 4) is 0 Å². The second-order valence-corrected chi connectivity index (χ2v) is 6.10. The molecular formula is C13H19NO2S. The van der Waals surface area contributed by atoms with Crippen molar-refractivity contribution in [2.24, 2.45) is 5.41 Å². The molecule has 1 fully saturated rings. The van der Waals surface area contributed by atoms with Gasteiger partial charge < -0.3 is 5.11 Å². The molecule has 4 heteroatoms. The number of thiazole rings is 1. The number of aryl methyl sites for hydroxylation is 1. The summed E-state index contributed by atoms with van der Waals surface area (Å²) in [7, 11) is 0. The molecule has 3 nitrogen and oxygen atoms in total. The molecule has 0 saturated heterocycles. The summed E-state index contributed by atoms with van der Waals surface area (Å²) in [6.07, 6.45) is 6.63. The van der Waals surface area contributed by atoms with Crippen molar-refractivity contribution in [3.05, 3.63) is 16.1 Å². The van der Waals surface area contributed by atoms with Crippen LogP contribution in [-0.2, 0) is 11.2 Å². The topological polar surface area (TPSA) is 50.2 Å². The van der Waals surface area contributed by atoms with Crippen LogP contribution >= 0.6 is 11.3 Å². The number of carboxylic acids is 1. The van der Waals surface area contributed by atoms with Crippen molar-refractivity contribution in [3.63, 3.8) is 0 Å². The number of nitrogens with zero attached hydrogens (tertiary/aromatic N) is 1. The van der Waals surface area contributed by atoms with Crippen LogP contribution in [-0.4, -0.2) is 16.1 Å². The molecule has 0 unspecified atom stereocenters. The SMILES string of the molecule is Cc1nc(CC2(C(=O)O)CCCCCC2)cs1. The third kappa shape index (κ3) is 2.86. The number of carboxylic acid groups (broad SMARTS) is 1. The van der Waals surface area contributed by atoms with Crippen molar-refractivity contribution in [1.29, 1.82) is 0 Å². The summed E-state index contributed by atoms with van der Waals surface area (Å²) in [6.45, 7) is 1.97. The summed E-state index contributed by atoms with van der Waals surface area (Å²) in [4.78, 5) is 16.0. The van der Waals surface area contributed by atoms with Gasteiger partial charge in [-0.05, 0) is 19.8 Å². The van der Waals surface area contributed by atoms with Gasteiger partial charge in [0.05, 0.1) is 16.1 Å². The first kappa shape index (κ1) is 12.6. The van der Waals surface area contributed by atoms with E-state index in [0.29, 0.717) is 6.42 Å². The fraction of sp³-hybridized carbons (Fsp3) is 0.692. The molecule has 17 heavy (non-hydrogen) atoms. The monoisotopic (exact) mass is 253 g/mol. The van der Waals surface area contributed by atoms with E-state index in [1.165, 1.54) is 12.8 Å². The van der Waals surface area contributed by atoms with Gasteiger partial charge in [-0.1, -0.05) is 25.7 Å². The number of rotatable bonds is 3. The predicted molar refractivity (Wildman–Crippen MR) is 68.3 cm³/mol. The zero-order valence-corrected chi connectivity index (χ0v) is 11.1. The lowest BCUT2D eigenvalue weighted by atomic mass is 9.77. The van der Waals surface area contributed by atoms with Gasteiger partial charge in [0.15, 0.2) is 0 Å². The highest BCUT2D eigenvalue weighted by Crippen LogP contribution is 2.38. The first-order chi connectivity index (χ1) is 8.12. The van der Waals surface area contributed by atoms with Gasteiger partial charge >= 0.3 is 5.97 Å². The van der Waals surface area contributed by atoms with E-state index in [1.807, 2.05) is 12.3 Å². The summed E-state index contributed by atoms with van der Waals surface area (Å²) in [5, 5.41) is 12.6. The van der Waals surface area contributed by atoms with E-state index in [-0.39, 0.29) is 0 Å². The third-order valence-electron chi connectivity index (χ3n) is 3.70. The highest BCUT2D eigenvalue weighted by molar-refractivity contribution is 7.09. The fourth-order valence-electron chi connectivity index (χ4n) is 2.71. The van der Waals surface area contributed by atoms with Gasteiger partial charge in [-0.3, -0.25) is 4.79 Å². The highest BCUT2D eigenvalue weighted by Gasteiger charge is 2.39. The average molecular weight is 253 g/mol. The molecule has 94 valence electrons. The van der Waals surface area contributed by atoms with Crippen LogP contribution < -0.4 is 0 Å². The number of hydrogen-bond acceptors (Lipinski definition) is 3. The lowest BCUT2D eigenvalue weighted by Gasteiger charge is -2.27. The molecule has 1 heterocycles. The molecule has 0 amide bonds. The van der Waals surface area contributed by atoms with Gasteiger partial charge in [0.25, 0.3) is 0 Å². The van der Waals surface area contributed by atoms with Gasteiger partial charge in [-0.25, -0.2) is 4.98 Å². The second-order valence-electron chi connectivity index (χ2n) is 5.03. The Labute approximate surface area is 106 Å². The van der Waals surface area contributed by atoms with E-state index in [2.05, 4.69) is 4.98 Å². The van der Waals surface area contributed by atoms with E-state index >= 15 is 0 Å². The number of aromatic nitrogens is 1. The van der Waals surface area contributed by atoms with Gasteiger partial charge in [0.1, 0.15) is 0 Å². The quantitative estimate of drug-likeness (QED) is 0.840. The zero-order valence-electron chi connectivity index (χ0n) is 10.2. The Balaban J connectivity index is 2.18. The van der Waals surface area contributed by atoms with Crippen LogP contribution in [0.1, 0.15) is 49.2 Å². The average Bonchev–Trinajstić information content (AvgIpc) is 2.54. The Morgan fingerprint density at radius 1 is 1.41 bits per heavy atom. The minimum Gasteiger partial charge on any atom is -0.481 e. The van der Waals surface area contributed by atoms with Crippen molar-refractivity contribution in [2.75, 3.05) is 0 Å². The number of hydrogen-bond donors (Lipinski definition) is 1. The Bertz CT molecular complexity index is 392. The Kier molecular flexibility index (Phi) is 3.82. The molecule has 1 saturated carbocycles. The lowest BCUT2D eigenvalue weighted by molar-refractivity contribution is -0.149. The molecule has 0 bridgehead atoms. The minimum atomic E-state index is -0.634. The molecule has 2 rings (SSSR count). The predicted octanol–water partition coefficient (Wildman–Crippen LogP) is 3.42. The normalized spacial score (nSPS) is 19.8. The summed E-state index contributed by atoms with van der Waals surface area (Å²) in [5.74, 6) is -0.634. The molecule has 0 aromatic carbocycles. The van der Waals surface area contributed by atoms with Gasteiger partial charge in [-0.2, -0.15) is 0 Å². The first-order valence-electron chi connectivity index (χ1n) is 6.27. The van der Waals surface area contributed by atoms with E-state index in [9.17, 15) is 9.90 Å². The van der Waals surface area contributed by atoms with Crippen LogP contribution in [0.5, 0.6) is 0 Å². The molecule has 0 spiro atoms. The summed E-state index contributed by atoms with van der Waals surface area (Å²) >= 11 is 1.60. The molecule has 1 N–H and O–H groups in total. The van der Waals surface area contributed by atoms with E-state index < -0.39 is 11.4 Å². The van der Waals surface area contributed by atoms with Crippen molar-refractivity contribution < 1.29 is 9.90 Å². The first-order valence-corrected chi connectivity index (χ1v) is 7.15. The van der Waals surface area contributed by atoms with Crippen LogP contribution in [0.2, 0.25) is 0 Å². The lowest BCUT2D eigenvalue weighted by Crippen LogP contribution is -2.33. The van der Waals surface area contributed by atoms with Crippen LogP contribution in [0.15, 0.2) is 5.38 Å². The van der Waals surface area contributed by atoms with Crippen LogP contribution in [0.4, 0.5) is 0 Å². The molecule has 1 aliphatic rings. The maximum Gasteiger partial charge on any atom is 0.310 e. The minimum absolute atomic E-state index is 0.559. The summed E-state index contributed by atoms with van der Waals surface area (Å²) in [6, 6.07) is 0. The van der Waals surface area contributed by atoms with Crippen molar-refractivity contribution in [2.45, 2.75) is 51.9 Å². The zero-order chi connectivity index (χ0) is 12.3. The summed E-state index contributed by atoms with van der Waals surface area (Å²) < 4.78 is 0. The standard InChI is InChI=1S/C13H19NO2S/c1-10-14-11(9-17-10)8-13(12(15)16)6-4-2-3-5-7-13/h9H,2-8H2,1H3,(H,15,16). The highest BCUT2D eigenvalue weighted by atomic mass is 32.1. The Morgan fingerprint density at radius 2 is 2.06 bits per heavy atom. The molecular weight excluding hydrogens is 234 g/mol. The number of aliphatic carboxylic acids is 1. The van der Waals surface area contributed by atoms with Crippen LogP contribution in [0.25, 0.3) is 0 Å². The maximum absolute atomic E-state index is 11.6. The fourth-order valence-corrected chi connectivity index (χ4v) is 3.32. The van der Waals surface area contributed by atoms with Crippen LogP contribution in [0.3, 0.4) is 0 Å². The van der Waals surface area contributed by atoms with Crippen molar-refractivity contribution in [1.82, 2.24) is 4.98 Å². The van der Waals surface area contributed by atoms with Gasteiger partial charge in [0, 0.05) is 11.8 Å². The van der Waals surface area contributed by atoms with E-state index in [0.717, 1.165) is 36.4 Å². The molecule has 1 aromatic rings. The Hall–Kier alpha value is -0.900. The van der Waals surface area contributed by atoms with Crippen LogP contribution in [0, 0.1) is 12.3 Å².